The predicted octanol–water partition coefficient (Wildman–Crippen LogP) is 3.43. The van der Waals surface area contributed by atoms with Crippen LogP contribution in [0.3, 0.4) is 0 Å². The number of hydrogen-bond donors (Lipinski definition) is 2. The predicted molar refractivity (Wildman–Crippen MR) is 76.5 cm³/mol. The van der Waals surface area contributed by atoms with Gasteiger partial charge in [0.2, 0.25) is 0 Å². The lowest BCUT2D eigenvalue weighted by Gasteiger charge is -1.99. The van der Waals surface area contributed by atoms with Crippen LogP contribution in [0.4, 0.5) is 5.69 Å². The van der Waals surface area contributed by atoms with Crippen molar-refractivity contribution in [1.29, 1.82) is 0 Å². The molecule has 0 saturated carbocycles. The number of nitrogens with zero attached hydrogens (tertiary/aromatic N) is 2. The van der Waals surface area contributed by atoms with Gasteiger partial charge >= 0.3 is 0 Å². The van der Waals surface area contributed by atoms with Gasteiger partial charge in [0.1, 0.15) is 0 Å². The summed E-state index contributed by atoms with van der Waals surface area (Å²) in [6.45, 7) is 1.69. The van der Waals surface area contributed by atoms with Crippen molar-refractivity contribution < 1.29 is 10.1 Å². The molecule has 20 heavy (non-hydrogen) atoms. The van der Waals surface area contributed by atoms with Crippen molar-refractivity contribution in [2.24, 2.45) is 5.16 Å². The Bertz CT molecular complexity index is 865. The molecule has 0 unspecified atom stereocenters. The Morgan fingerprint density at radius 2 is 1.85 bits per heavy atom. The average Bonchev–Trinajstić information content (AvgIpc) is 2.83. The minimum Gasteiger partial charge on any atom is -0.411 e. The Morgan fingerprint density at radius 1 is 1.20 bits per heavy atom. The monoisotopic (exact) mass is 269 g/mol. The molecule has 3 aromatic rings. The lowest BCUT2D eigenvalue weighted by atomic mass is 10.1. The highest BCUT2D eigenvalue weighted by Gasteiger charge is 2.11. The van der Waals surface area contributed by atoms with Crippen LogP contribution >= 0.6 is 0 Å². The highest BCUT2D eigenvalue weighted by Crippen LogP contribution is 2.29. The number of rotatable bonds is 2. The molecule has 3 rings (SSSR count). The number of non-ortho nitro benzene ring substituents is 1. The van der Waals surface area contributed by atoms with Crippen LogP contribution in [0.2, 0.25) is 0 Å². The molecule has 1 aromatic heterocycles. The second-order valence-corrected chi connectivity index (χ2v) is 4.56. The summed E-state index contributed by atoms with van der Waals surface area (Å²) in [6, 6.07) is 10.3. The van der Waals surface area contributed by atoms with Crippen molar-refractivity contribution in [2.45, 2.75) is 6.92 Å². The molecule has 100 valence electrons. The Morgan fingerprint density at radius 3 is 2.50 bits per heavy atom. The molecule has 0 atom stereocenters. The number of aromatic nitrogens is 1. The van der Waals surface area contributed by atoms with Crippen molar-refractivity contribution >= 4 is 33.2 Å². The molecule has 0 aliphatic rings. The van der Waals surface area contributed by atoms with E-state index in [9.17, 15) is 10.1 Å². The summed E-state index contributed by atoms with van der Waals surface area (Å²) in [7, 11) is 0. The van der Waals surface area contributed by atoms with Crippen molar-refractivity contribution in [3.8, 4) is 0 Å². The van der Waals surface area contributed by atoms with Crippen molar-refractivity contribution in [3.63, 3.8) is 0 Å². The normalized spacial score (nSPS) is 12.2. The molecule has 1 heterocycles. The van der Waals surface area contributed by atoms with Gasteiger partial charge in [-0.15, -0.1) is 0 Å². The van der Waals surface area contributed by atoms with E-state index in [1.807, 2.05) is 18.2 Å². The van der Waals surface area contributed by atoms with E-state index in [-0.39, 0.29) is 5.69 Å². The number of hydrogen-bond acceptors (Lipinski definition) is 4. The molecule has 0 spiro atoms. The number of nitrogens with one attached hydrogen (secondary N) is 1. The summed E-state index contributed by atoms with van der Waals surface area (Å²) >= 11 is 0. The number of nitro groups is 1. The summed E-state index contributed by atoms with van der Waals surface area (Å²) in [5, 5.41) is 24.5. The van der Waals surface area contributed by atoms with E-state index in [1.54, 1.807) is 19.1 Å². The van der Waals surface area contributed by atoms with Crippen LogP contribution < -0.4 is 0 Å². The van der Waals surface area contributed by atoms with Gasteiger partial charge in [-0.1, -0.05) is 11.2 Å². The second kappa shape index (κ2) is 4.34. The SMILES string of the molecule is C/C(=N\O)c1ccc2[nH]c3ccc([N+](=O)[O-])cc3c2c1. The Kier molecular flexibility index (Phi) is 2.64. The lowest BCUT2D eigenvalue weighted by Crippen LogP contribution is -1.93. The third kappa shape index (κ3) is 1.78. The number of aromatic amines is 1. The third-order valence-electron chi connectivity index (χ3n) is 3.36. The van der Waals surface area contributed by atoms with Crippen LogP contribution in [-0.4, -0.2) is 20.8 Å². The first-order valence-corrected chi connectivity index (χ1v) is 5.99. The highest BCUT2D eigenvalue weighted by molar-refractivity contribution is 6.11. The number of nitro benzene ring substituents is 1. The maximum atomic E-state index is 10.9. The molecule has 2 aromatic carbocycles. The first-order chi connectivity index (χ1) is 9.60. The maximum Gasteiger partial charge on any atom is 0.270 e. The van der Waals surface area contributed by atoms with Gasteiger partial charge in [-0.2, -0.15) is 0 Å². The van der Waals surface area contributed by atoms with E-state index in [2.05, 4.69) is 10.1 Å². The number of oxime groups is 1. The first kappa shape index (κ1) is 12.2. The average molecular weight is 269 g/mol. The standard InChI is InChI=1S/C14H11N3O3/c1-8(16-18)9-2-4-13-11(6-9)12-7-10(17(19)20)3-5-14(12)15-13/h2-7,15,18H,1H3/b16-8+. The molecule has 0 amide bonds. The largest absolute Gasteiger partial charge is 0.411 e. The van der Waals surface area contributed by atoms with Crippen LogP contribution in [-0.2, 0) is 0 Å². The summed E-state index contributed by atoms with van der Waals surface area (Å²) in [4.78, 5) is 13.7. The van der Waals surface area contributed by atoms with E-state index in [4.69, 9.17) is 5.21 Å². The smallest absolute Gasteiger partial charge is 0.270 e. The zero-order valence-electron chi connectivity index (χ0n) is 10.6. The molecular weight excluding hydrogens is 258 g/mol. The molecule has 6 nitrogen and oxygen atoms in total. The summed E-state index contributed by atoms with van der Waals surface area (Å²) in [5.74, 6) is 0. The van der Waals surface area contributed by atoms with Gasteiger partial charge < -0.3 is 10.2 Å². The van der Waals surface area contributed by atoms with Crippen LogP contribution in [0.1, 0.15) is 12.5 Å². The van der Waals surface area contributed by atoms with Gasteiger partial charge in [-0.3, -0.25) is 10.1 Å². The summed E-state index contributed by atoms with van der Waals surface area (Å²) in [6.07, 6.45) is 0. The molecule has 6 heteroatoms. The van der Waals surface area contributed by atoms with Crippen molar-refractivity contribution in [3.05, 3.63) is 52.1 Å². The highest BCUT2D eigenvalue weighted by atomic mass is 16.6. The molecular formula is C14H11N3O3. The fraction of sp³-hybridized carbons (Fsp3) is 0.0714. The van der Waals surface area contributed by atoms with Crippen LogP contribution in [0, 0.1) is 10.1 Å². The van der Waals surface area contributed by atoms with E-state index < -0.39 is 4.92 Å². The molecule has 0 fully saturated rings. The summed E-state index contributed by atoms with van der Waals surface area (Å²) < 4.78 is 0. The quantitative estimate of drug-likeness (QED) is 0.323. The first-order valence-electron chi connectivity index (χ1n) is 5.99. The maximum absolute atomic E-state index is 10.9. The summed E-state index contributed by atoms with van der Waals surface area (Å²) in [5.41, 5.74) is 3.03. The van der Waals surface area contributed by atoms with Gasteiger partial charge in [0.25, 0.3) is 5.69 Å². The topological polar surface area (TPSA) is 91.5 Å². The van der Waals surface area contributed by atoms with E-state index in [0.29, 0.717) is 5.71 Å². The van der Waals surface area contributed by atoms with Crippen molar-refractivity contribution in [1.82, 2.24) is 4.98 Å². The molecule has 0 bridgehead atoms. The minimum absolute atomic E-state index is 0.0522. The van der Waals surface area contributed by atoms with Crippen LogP contribution in [0.25, 0.3) is 21.8 Å². The molecule has 2 N–H and O–H groups in total. The van der Waals surface area contributed by atoms with Crippen LogP contribution in [0.5, 0.6) is 0 Å². The Balaban J connectivity index is 2.33. The van der Waals surface area contributed by atoms with Gasteiger partial charge in [0.15, 0.2) is 0 Å². The van der Waals surface area contributed by atoms with E-state index >= 15 is 0 Å². The van der Waals surface area contributed by atoms with Gasteiger partial charge in [-0.25, -0.2) is 0 Å². The zero-order chi connectivity index (χ0) is 14.3. The second-order valence-electron chi connectivity index (χ2n) is 4.56. The fourth-order valence-corrected chi connectivity index (χ4v) is 2.28. The van der Waals surface area contributed by atoms with Gasteiger partial charge in [0.05, 0.1) is 10.6 Å². The molecule has 0 radical (unpaired) electrons. The Hall–Kier alpha value is -2.89. The molecule has 0 saturated heterocycles. The molecule has 0 aliphatic carbocycles. The van der Waals surface area contributed by atoms with Crippen LogP contribution in [0.15, 0.2) is 41.6 Å². The zero-order valence-corrected chi connectivity index (χ0v) is 10.6. The lowest BCUT2D eigenvalue weighted by molar-refractivity contribution is -0.384. The van der Waals surface area contributed by atoms with E-state index in [0.717, 1.165) is 27.4 Å². The minimum atomic E-state index is -0.414. The number of benzene rings is 2. The molecule has 0 aliphatic heterocycles. The Labute approximate surface area is 113 Å². The number of fused-ring (bicyclic) bond motifs is 3. The third-order valence-corrected chi connectivity index (χ3v) is 3.36. The van der Waals surface area contributed by atoms with Crippen molar-refractivity contribution in [2.75, 3.05) is 0 Å². The number of H-pyrrole nitrogens is 1. The fourth-order valence-electron chi connectivity index (χ4n) is 2.28. The van der Waals surface area contributed by atoms with E-state index in [1.165, 1.54) is 6.07 Å². The van der Waals surface area contributed by atoms with Gasteiger partial charge in [0, 0.05) is 33.9 Å². The van der Waals surface area contributed by atoms with Gasteiger partial charge in [-0.05, 0) is 30.7 Å².